The Hall–Kier alpha value is -1.43. The lowest BCUT2D eigenvalue weighted by Crippen LogP contribution is -2.19. The van der Waals surface area contributed by atoms with Gasteiger partial charge in [-0.3, -0.25) is 4.79 Å². The predicted molar refractivity (Wildman–Crippen MR) is 61.7 cm³/mol. The number of amides is 1. The number of halogens is 4. The number of rotatable bonds is 5. The molecule has 1 rings (SSSR count). The minimum atomic E-state index is -4.79. The minimum Gasteiger partial charge on any atom is -0.404 e. The molecule has 0 heterocycles. The molecule has 3 nitrogen and oxygen atoms in total. The van der Waals surface area contributed by atoms with Crippen molar-refractivity contribution in [3.8, 4) is 5.75 Å². The number of hydrogen-bond acceptors (Lipinski definition) is 2. The van der Waals surface area contributed by atoms with E-state index in [-0.39, 0.29) is 12.1 Å². The average molecular weight is 282 g/mol. The molecule has 0 spiro atoms. The Morgan fingerprint density at radius 3 is 2.61 bits per heavy atom. The molecule has 0 radical (unpaired) electrons. The van der Waals surface area contributed by atoms with Crippen molar-refractivity contribution in [2.24, 2.45) is 0 Å². The molecule has 100 valence electrons. The van der Waals surface area contributed by atoms with Gasteiger partial charge in [0.25, 0.3) is 0 Å². The van der Waals surface area contributed by atoms with Crippen LogP contribution in [0.1, 0.15) is 12.8 Å². The average Bonchev–Trinajstić information content (AvgIpc) is 2.27. The molecule has 7 heteroatoms. The van der Waals surface area contributed by atoms with Gasteiger partial charge in [-0.05, 0) is 18.6 Å². The number of hydrogen-bond donors (Lipinski definition) is 1. The molecule has 0 aromatic heterocycles. The fraction of sp³-hybridized carbons (Fsp3) is 0.364. The highest BCUT2D eigenvalue weighted by Crippen LogP contribution is 2.29. The van der Waals surface area contributed by atoms with E-state index in [9.17, 15) is 18.0 Å². The Balaban J connectivity index is 2.73. The summed E-state index contributed by atoms with van der Waals surface area (Å²) in [6.07, 6.45) is -4.20. The Labute approximate surface area is 107 Å². The molecule has 1 aromatic carbocycles. The topological polar surface area (TPSA) is 38.3 Å². The number of benzene rings is 1. The van der Waals surface area contributed by atoms with Crippen molar-refractivity contribution in [1.29, 1.82) is 0 Å². The van der Waals surface area contributed by atoms with Crippen LogP contribution in [0.15, 0.2) is 24.3 Å². The van der Waals surface area contributed by atoms with Crippen LogP contribution in [0.4, 0.5) is 18.9 Å². The maximum atomic E-state index is 12.1. The van der Waals surface area contributed by atoms with Crippen LogP contribution in [0, 0.1) is 0 Å². The number of carbonyl (C=O) groups excluding carboxylic acids is 1. The van der Waals surface area contributed by atoms with Crippen LogP contribution in [0.3, 0.4) is 0 Å². The second-order valence-corrected chi connectivity index (χ2v) is 3.76. The van der Waals surface area contributed by atoms with Gasteiger partial charge < -0.3 is 10.1 Å². The molecule has 0 saturated heterocycles. The highest BCUT2D eigenvalue weighted by atomic mass is 35.5. The Morgan fingerprint density at radius 1 is 1.33 bits per heavy atom. The van der Waals surface area contributed by atoms with Crippen LogP contribution in [-0.2, 0) is 4.79 Å². The first-order valence-electron chi connectivity index (χ1n) is 5.13. The van der Waals surface area contributed by atoms with Crippen molar-refractivity contribution in [2.75, 3.05) is 11.2 Å². The van der Waals surface area contributed by atoms with Crippen LogP contribution in [-0.4, -0.2) is 18.1 Å². The summed E-state index contributed by atoms with van der Waals surface area (Å²) in [5.41, 5.74) is -0.0191. The number of carbonyl (C=O) groups is 1. The quantitative estimate of drug-likeness (QED) is 0.838. The van der Waals surface area contributed by atoms with Crippen LogP contribution < -0.4 is 10.1 Å². The number of alkyl halides is 4. The molecule has 0 fully saturated rings. The summed E-state index contributed by atoms with van der Waals surface area (Å²) < 4.78 is 40.1. The van der Waals surface area contributed by atoms with Crippen molar-refractivity contribution < 1.29 is 22.7 Å². The standard InChI is InChI=1S/C11H11ClF3NO2/c12-7-3-6-10(17)16-8-4-1-2-5-9(8)18-11(13,14)15/h1-2,4-5H,3,6-7H2,(H,16,17). The lowest BCUT2D eigenvalue weighted by Gasteiger charge is -2.13. The molecule has 18 heavy (non-hydrogen) atoms. The van der Waals surface area contributed by atoms with Crippen molar-refractivity contribution in [3.05, 3.63) is 24.3 Å². The second kappa shape index (κ2) is 6.49. The van der Waals surface area contributed by atoms with Gasteiger partial charge in [0.05, 0.1) is 5.69 Å². The van der Waals surface area contributed by atoms with Crippen LogP contribution >= 0.6 is 11.6 Å². The number of para-hydroxylation sites is 2. The molecular formula is C11H11ClF3NO2. The number of ether oxygens (including phenoxy) is 1. The lowest BCUT2D eigenvalue weighted by atomic mass is 10.2. The summed E-state index contributed by atoms with van der Waals surface area (Å²) in [4.78, 5) is 11.4. The molecule has 0 bridgehead atoms. The second-order valence-electron chi connectivity index (χ2n) is 3.38. The molecule has 0 atom stereocenters. The molecule has 1 amide bonds. The SMILES string of the molecule is O=C(CCCCl)Nc1ccccc1OC(F)(F)F. The van der Waals surface area contributed by atoms with Crippen molar-refractivity contribution >= 4 is 23.2 Å². The largest absolute Gasteiger partial charge is 0.573 e. The van der Waals surface area contributed by atoms with Gasteiger partial charge in [0.1, 0.15) is 0 Å². The summed E-state index contributed by atoms with van der Waals surface area (Å²) in [7, 11) is 0. The first kappa shape index (κ1) is 14.6. The summed E-state index contributed by atoms with van der Waals surface area (Å²) in [6.45, 7) is 0. The van der Waals surface area contributed by atoms with E-state index in [4.69, 9.17) is 11.6 Å². The van der Waals surface area contributed by atoms with E-state index < -0.39 is 18.0 Å². The van der Waals surface area contributed by atoms with Gasteiger partial charge in [0, 0.05) is 12.3 Å². The third kappa shape index (κ3) is 5.27. The molecule has 1 N–H and O–H groups in total. The first-order chi connectivity index (χ1) is 8.42. The maximum absolute atomic E-state index is 12.1. The highest BCUT2D eigenvalue weighted by molar-refractivity contribution is 6.18. The van der Waals surface area contributed by atoms with E-state index in [0.29, 0.717) is 12.3 Å². The summed E-state index contributed by atoms with van der Waals surface area (Å²) in [5, 5.41) is 2.35. The minimum absolute atomic E-state index is 0.0191. The smallest absolute Gasteiger partial charge is 0.404 e. The fourth-order valence-electron chi connectivity index (χ4n) is 1.22. The van der Waals surface area contributed by atoms with Crippen LogP contribution in [0.5, 0.6) is 5.75 Å². The van der Waals surface area contributed by atoms with Gasteiger partial charge in [-0.25, -0.2) is 0 Å². The normalized spacial score (nSPS) is 11.1. The lowest BCUT2D eigenvalue weighted by molar-refractivity contribution is -0.274. The zero-order valence-electron chi connectivity index (χ0n) is 9.26. The van der Waals surface area contributed by atoms with Crippen molar-refractivity contribution in [1.82, 2.24) is 0 Å². The first-order valence-corrected chi connectivity index (χ1v) is 5.66. The van der Waals surface area contributed by atoms with E-state index >= 15 is 0 Å². The molecule has 0 aliphatic heterocycles. The molecule has 0 unspecified atom stereocenters. The highest BCUT2D eigenvalue weighted by Gasteiger charge is 2.32. The Bertz CT molecular complexity index is 410. The van der Waals surface area contributed by atoms with Crippen molar-refractivity contribution in [3.63, 3.8) is 0 Å². The van der Waals surface area contributed by atoms with E-state index in [0.717, 1.165) is 6.07 Å². The molecule has 0 aliphatic carbocycles. The zero-order valence-corrected chi connectivity index (χ0v) is 10.0. The molecular weight excluding hydrogens is 271 g/mol. The van der Waals surface area contributed by atoms with Gasteiger partial charge in [0.15, 0.2) is 5.75 Å². The van der Waals surface area contributed by atoms with Crippen LogP contribution in [0.25, 0.3) is 0 Å². The molecule has 1 aromatic rings. The molecule has 0 saturated carbocycles. The van der Waals surface area contributed by atoms with E-state index in [1.54, 1.807) is 0 Å². The summed E-state index contributed by atoms with van der Waals surface area (Å²) in [6, 6.07) is 5.35. The number of anilines is 1. The van der Waals surface area contributed by atoms with Gasteiger partial charge in [-0.2, -0.15) is 0 Å². The Kier molecular flexibility index (Phi) is 5.27. The van der Waals surface area contributed by atoms with Gasteiger partial charge in [-0.1, -0.05) is 12.1 Å². The fourth-order valence-corrected chi connectivity index (χ4v) is 1.36. The predicted octanol–water partition coefficient (Wildman–Crippen LogP) is 3.54. The van der Waals surface area contributed by atoms with E-state index in [1.807, 2.05) is 0 Å². The monoisotopic (exact) mass is 281 g/mol. The van der Waals surface area contributed by atoms with Crippen LogP contribution in [0.2, 0.25) is 0 Å². The number of nitrogens with one attached hydrogen (secondary N) is 1. The molecule has 0 aliphatic rings. The summed E-state index contributed by atoms with van der Waals surface area (Å²) in [5.74, 6) is -0.535. The van der Waals surface area contributed by atoms with Gasteiger partial charge in [0.2, 0.25) is 5.91 Å². The van der Waals surface area contributed by atoms with Gasteiger partial charge in [-0.15, -0.1) is 24.8 Å². The zero-order chi connectivity index (χ0) is 13.6. The van der Waals surface area contributed by atoms with E-state index in [2.05, 4.69) is 10.1 Å². The summed E-state index contributed by atoms with van der Waals surface area (Å²) >= 11 is 5.41. The van der Waals surface area contributed by atoms with E-state index in [1.165, 1.54) is 18.2 Å². The third-order valence-electron chi connectivity index (χ3n) is 1.92. The van der Waals surface area contributed by atoms with Crippen molar-refractivity contribution in [2.45, 2.75) is 19.2 Å². The Morgan fingerprint density at radius 2 is 2.00 bits per heavy atom. The maximum Gasteiger partial charge on any atom is 0.573 e. The van der Waals surface area contributed by atoms with Gasteiger partial charge >= 0.3 is 6.36 Å². The third-order valence-corrected chi connectivity index (χ3v) is 2.19.